The van der Waals surface area contributed by atoms with E-state index < -0.39 is 0 Å². The number of unbranched alkanes of at least 4 members (excludes halogenated alkanes) is 16. The van der Waals surface area contributed by atoms with Gasteiger partial charge in [-0.2, -0.15) is 0 Å². The molecule has 0 radical (unpaired) electrons. The highest BCUT2D eigenvalue weighted by Crippen LogP contribution is 2.21. The minimum absolute atomic E-state index is 1.23. The highest BCUT2D eigenvalue weighted by Gasteiger charge is 2.00. The fraction of sp³-hybridized carbons (Fsp3) is 0.625. The Labute approximate surface area is 199 Å². The van der Waals surface area contributed by atoms with Crippen LogP contribution in [0.4, 0.5) is 0 Å². The molecule has 0 heteroatoms. The van der Waals surface area contributed by atoms with Gasteiger partial charge in [-0.3, -0.25) is 0 Å². The van der Waals surface area contributed by atoms with Crippen LogP contribution in [0.25, 0.3) is 10.8 Å². The standard InChI is InChI=1S/C32H50/c1-2-3-4-5-6-7-8-9-10-11-12-13-14-15-16-17-18-19-20-21-25-30-27-24-28-31-26-22-23-29-32(30)31/h12-13,22-24,26-29H,2-11,14-21,25H2,1H3/b13-12+. The highest BCUT2D eigenvalue weighted by atomic mass is 14.1. The van der Waals surface area contributed by atoms with Gasteiger partial charge in [0.1, 0.15) is 0 Å². The lowest BCUT2D eigenvalue weighted by Crippen LogP contribution is -1.88. The quantitative estimate of drug-likeness (QED) is 0.143. The second-order valence-corrected chi connectivity index (χ2v) is 9.74. The Morgan fingerprint density at radius 2 is 1.00 bits per heavy atom. The minimum Gasteiger partial charge on any atom is -0.0885 e. The predicted octanol–water partition coefficient (Wildman–Crippen LogP) is 11.0. The van der Waals surface area contributed by atoms with Crippen LogP contribution in [0, 0.1) is 0 Å². The molecule has 2 aromatic rings. The molecule has 0 saturated carbocycles. The van der Waals surface area contributed by atoms with Crippen LogP contribution in [-0.2, 0) is 6.42 Å². The zero-order valence-electron chi connectivity index (χ0n) is 21.1. The summed E-state index contributed by atoms with van der Waals surface area (Å²) in [6, 6.07) is 15.6. The van der Waals surface area contributed by atoms with Crippen molar-refractivity contribution in [1.82, 2.24) is 0 Å². The number of fused-ring (bicyclic) bond motifs is 1. The molecule has 0 saturated heterocycles. The summed E-state index contributed by atoms with van der Waals surface area (Å²) in [5, 5.41) is 2.83. The zero-order valence-corrected chi connectivity index (χ0v) is 21.1. The second-order valence-electron chi connectivity index (χ2n) is 9.74. The average molecular weight is 435 g/mol. The van der Waals surface area contributed by atoms with Crippen molar-refractivity contribution in [2.75, 3.05) is 0 Å². The van der Waals surface area contributed by atoms with Crippen LogP contribution in [0.3, 0.4) is 0 Å². The molecule has 178 valence electrons. The molecule has 0 bridgehead atoms. The van der Waals surface area contributed by atoms with Crippen molar-refractivity contribution < 1.29 is 0 Å². The maximum atomic E-state index is 2.44. The summed E-state index contributed by atoms with van der Waals surface area (Å²) in [6.07, 6.45) is 31.3. The Kier molecular flexibility index (Phi) is 15.8. The fourth-order valence-corrected chi connectivity index (χ4v) is 4.78. The molecule has 0 spiro atoms. The van der Waals surface area contributed by atoms with Gasteiger partial charge in [-0.15, -0.1) is 0 Å². The monoisotopic (exact) mass is 434 g/mol. The Morgan fingerprint density at radius 1 is 0.500 bits per heavy atom. The van der Waals surface area contributed by atoms with Crippen molar-refractivity contribution in [2.24, 2.45) is 0 Å². The van der Waals surface area contributed by atoms with Gasteiger partial charge in [-0.05, 0) is 54.9 Å². The predicted molar refractivity (Wildman–Crippen MR) is 146 cm³/mol. The summed E-state index contributed by atoms with van der Waals surface area (Å²) in [5.41, 5.74) is 1.53. The smallest absolute Gasteiger partial charge is 0.0152 e. The highest BCUT2D eigenvalue weighted by molar-refractivity contribution is 5.85. The zero-order chi connectivity index (χ0) is 22.5. The summed E-state index contributed by atoms with van der Waals surface area (Å²) in [4.78, 5) is 0. The summed E-state index contributed by atoms with van der Waals surface area (Å²) in [6.45, 7) is 2.30. The molecule has 0 aliphatic heterocycles. The van der Waals surface area contributed by atoms with Crippen molar-refractivity contribution in [3.63, 3.8) is 0 Å². The Morgan fingerprint density at radius 3 is 1.62 bits per heavy atom. The van der Waals surface area contributed by atoms with E-state index in [-0.39, 0.29) is 0 Å². The van der Waals surface area contributed by atoms with E-state index in [1.807, 2.05) is 0 Å². The Bertz CT molecular complexity index is 706. The van der Waals surface area contributed by atoms with E-state index in [1.165, 1.54) is 138 Å². The van der Waals surface area contributed by atoms with E-state index in [1.54, 1.807) is 0 Å². The van der Waals surface area contributed by atoms with Gasteiger partial charge in [0.05, 0.1) is 0 Å². The van der Waals surface area contributed by atoms with Gasteiger partial charge in [0.2, 0.25) is 0 Å². The lowest BCUT2D eigenvalue weighted by molar-refractivity contribution is 0.566. The van der Waals surface area contributed by atoms with E-state index in [9.17, 15) is 0 Å². The molecule has 0 amide bonds. The van der Waals surface area contributed by atoms with Crippen LogP contribution in [0.1, 0.15) is 128 Å². The summed E-state index contributed by atoms with van der Waals surface area (Å²) < 4.78 is 0. The molecule has 32 heavy (non-hydrogen) atoms. The first kappa shape index (κ1) is 26.7. The van der Waals surface area contributed by atoms with Crippen LogP contribution in [-0.4, -0.2) is 0 Å². The van der Waals surface area contributed by atoms with Gasteiger partial charge >= 0.3 is 0 Å². The molecule has 0 aliphatic carbocycles. The number of rotatable bonds is 20. The maximum Gasteiger partial charge on any atom is -0.0152 e. The molecule has 0 heterocycles. The van der Waals surface area contributed by atoms with Crippen LogP contribution in [0.2, 0.25) is 0 Å². The molecule has 0 atom stereocenters. The summed E-state index contributed by atoms with van der Waals surface area (Å²) >= 11 is 0. The number of hydrogen-bond donors (Lipinski definition) is 0. The normalized spacial score (nSPS) is 11.7. The second kappa shape index (κ2) is 19.0. The molecule has 2 rings (SSSR count). The van der Waals surface area contributed by atoms with E-state index in [4.69, 9.17) is 0 Å². The number of benzene rings is 2. The number of aryl methyl sites for hydroxylation is 1. The molecule has 0 nitrogen and oxygen atoms in total. The van der Waals surface area contributed by atoms with E-state index >= 15 is 0 Å². The number of allylic oxidation sites excluding steroid dienone is 2. The molecule has 0 unspecified atom stereocenters. The molecular weight excluding hydrogens is 384 g/mol. The van der Waals surface area contributed by atoms with Gasteiger partial charge in [0.15, 0.2) is 0 Å². The largest absolute Gasteiger partial charge is 0.0885 e. The third-order valence-electron chi connectivity index (χ3n) is 6.84. The van der Waals surface area contributed by atoms with Gasteiger partial charge < -0.3 is 0 Å². The Balaban J connectivity index is 1.33. The molecule has 2 aromatic carbocycles. The molecular formula is C32H50. The van der Waals surface area contributed by atoms with Crippen LogP contribution in [0.5, 0.6) is 0 Å². The first-order chi connectivity index (χ1) is 15.9. The topological polar surface area (TPSA) is 0 Å². The van der Waals surface area contributed by atoms with E-state index in [0.29, 0.717) is 0 Å². The first-order valence-electron chi connectivity index (χ1n) is 14.0. The molecule has 0 aliphatic rings. The van der Waals surface area contributed by atoms with Crippen LogP contribution < -0.4 is 0 Å². The maximum absolute atomic E-state index is 2.44. The van der Waals surface area contributed by atoms with E-state index in [0.717, 1.165) is 0 Å². The number of hydrogen-bond acceptors (Lipinski definition) is 0. The van der Waals surface area contributed by atoms with Crippen LogP contribution in [0.15, 0.2) is 54.6 Å². The van der Waals surface area contributed by atoms with Gasteiger partial charge in [-0.25, -0.2) is 0 Å². The van der Waals surface area contributed by atoms with Crippen molar-refractivity contribution >= 4 is 10.8 Å². The van der Waals surface area contributed by atoms with Crippen molar-refractivity contribution in [3.05, 3.63) is 60.2 Å². The third kappa shape index (κ3) is 12.5. The first-order valence-corrected chi connectivity index (χ1v) is 14.0. The van der Waals surface area contributed by atoms with Crippen molar-refractivity contribution in [3.8, 4) is 0 Å². The molecule has 0 N–H and O–H groups in total. The molecule has 0 fully saturated rings. The SMILES string of the molecule is CCCCCCCCCCC/C=C/CCCCCCCCCc1cccc2ccccc12. The third-order valence-corrected chi connectivity index (χ3v) is 6.84. The molecule has 0 aromatic heterocycles. The summed E-state index contributed by atoms with van der Waals surface area (Å²) in [7, 11) is 0. The lowest BCUT2D eigenvalue weighted by Gasteiger charge is -2.06. The van der Waals surface area contributed by atoms with Gasteiger partial charge in [0, 0.05) is 0 Å². The summed E-state index contributed by atoms with van der Waals surface area (Å²) in [5.74, 6) is 0. The van der Waals surface area contributed by atoms with Gasteiger partial charge in [0.25, 0.3) is 0 Å². The Hall–Kier alpha value is -1.56. The van der Waals surface area contributed by atoms with Crippen molar-refractivity contribution in [1.29, 1.82) is 0 Å². The van der Waals surface area contributed by atoms with Crippen molar-refractivity contribution in [2.45, 2.75) is 129 Å². The lowest BCUT2D eigenvalue weighted by atomic mass is 9.99. The minimum atomic E-state index is 1.23. The van der Waals surface area contributed by atoms with E-state index in [2.05, 4.69) is 61.5 Å². The van der Waals surface area contributed by atoms with Gasteiger partial charge in [-0.1, -0.05) is 145 Å². The fourth-order valence-electron chi connectivity index (χ4n) is 4.78. The van der Waals surface area contributed by atoms with Crippen LogP contribution >= 0.6 is 0 Å². The average Bonchev–Trinajstić information content (AvgIpc) is 2.83.